The van der Waals surface area contributed by atoms with Crippen LogP contribution >= 0.6 is 0 Å². The third-order valence-corrected chi connectivity index (χ3v) is 6.57. The van der Waals surface area contributed by atoms with Crippen molar-refractivity contribution in [1.82, 2.24) is 9.62 Å². The number of hydrogen-bond donors (Lipinski definition) is 1. The number of carbonyl (C=O) groups is 1. The number of nitrogens with one attached hydrogen (secondary N) is 1. The Morgan fingerprint density at radius 3 is 2.44 bits per heavy atom. The molecule has 0 bridgehead atoms. The molecule has 7 heteroatoms. The van der Waals surface area contributed by atoms with E-state index in [-0.39, 0.29) is 11.8 Å². The van der Waals surface area contributed by atoms with Crippen LogP contribution in [0.1, 0.15) is 19.3 Å². The van der Waals surface area contributed by atoms with Gasteiger partial charge in [-0.1, -0.05) is 18.2 Å². The zero-order valence-electron chi connectivity index (χ0n) is 14.7. The minimum atomic E-state index is -3.14. The molecule has 1 aromatic rings. The summed E-state index contributed by atoms with van der Waals surface area (Å²) in [5.74, 6) is 0.483. The highest BCUT2D eigenvalue weighted by atomic mass is 32.2. The van der Waals surface area contributed by atoms with Crippen LogP contribution in [0.2, 0.25) is 0 Å². The molecule has 0 aromatic heterocycles. The van der Waals surface area contributed by atoms with Gasteiger partial charge in [0, 0.05) is 44.3 Å². The quantitative estimate of drug-likeness (QED) is 0.854. The van der Waals surface area contributed by atoms with Gasteiger partial charge < -0.3 is 10.2 Å². The van der Waals surface area contributed by atoms with Crippen LogP contribution < -0.4 is 10.2 Å². The second-order valence-electron chi connectivity index (χ2n) is 7.12. The first-order chi connectivity index (χ1) is 11.9. The number of piperidine rings is 1. The van der Waals surface area contributed by atoms with Gasteiger partial charge >= 0.3 is 0 Å². The molecular weight excluding hydrogens is 338 g/mol. The van der Waals surface area contributed by atoms with Crippen molar-refractivity contribution in [3.05, 3.63) is 30.3 Å². The Kier molecular flexibility index (Phi) is 5.64. The molecule has 0 radical (unpaired) electrons. The average Bonchev–Trinajstić information content (AvgIpc) is 3.09. The third-order valence-electron chi connectivity index (χ3n) is 5.27. The van der Waals surface area contributed by atoms with Crippen LogP contribution in [0.4, 0.5) is 5.69 Å². The largest absolute Gasteiger partial charge is 0.371 e. The van der Waals surface area contributed by atoms with Crippen LogP contribution in [-0.2, 0) is 14.8 Å². The van der Waals surface area contributed by atoms with Gasteiger partial charge in [0.2, 0.25) is 15.9 Å². The molecule has 1 amide bonds. The summed E-state index contributed by atoms with van der Waals surface area (Å²) in [6, 6.07) is 10.4. The van der Waals surface area contributed by atoms with Crippen LogP contribution in [0.25, 0.3) is 0 Å². The lowest BCUT2D eigenvalue weighted by Gasteiger charge is -2.29. The molecule has 6 nitrogen and oxygen atoms in total. The number of sulfonamides is 1. The first kappa shape index (κ1) is 18.2. The minimum Gasteiger partial charge on any atom is -0.371 e. The van der Waals surface area contributed by atoms with Gasteiger partial charge in [-0.3, -0.25) is 4.79 Å². The van der Waals surface area contributed by atoms with Crippen LogP contribution in [0.5, 0.6) is 0 Å². The van der Waals surface area contributed by atoms with Gasteiger partial charge in [0.25, 0.3) is 0 Å². The summed E-state index contributed by atoms with van der Waals surface area (Å²) in [5.41, 5.74) is 1.24. The van der Waals surface area contributed by atoms with E-state index in [4.69, 9.17) is 0 Å². The molecule has 2 aliphatic heterocycles. The normalized spacial score (nSPS) is 22.9. The topological polar surface area (TPSA) is 69.7 Å². The molecular formula is C18H27N3O3S. The van der Waals surface area contributed by atoms with E-state index in [1.807, 2.05) is 18.2 Å². The Morgan fingerprint density at radius 1 is 1.12 bits per heavy atom. The number of benzene rings is 1. The van der Waals surface area contributed by atoms with E-state index in [9.17, 15) is 13.2 Å². The van der Waals surface area contributed by atoms with E-state index in [2.05, 4.69) is 22.3 Å². The fraction of sp³-hybridized carbons (Fsp3) is 0.611. The van der Waals surface area contributed by atoms with Crippen molar-refractivity contribution in [1.29, 1.82) is 0 Å². The van der Waals surface area contributed by atoms with E-state index >= 15 is 0 Å². The molecule has 1 atom stereocenters. The zero-order valence-corrected chi connectivity index (χ0v) is 15.5. The lowest BCUT2D eigenvalue weighted by molar-refractivity contribution is -0.126. The number of carbonyl (C=O) groups excluding carboxylic acids is 1. The summed E-state index contributed by atoms with van der Waals surface area (Å²) in [7, 11) is -3.14. The van der Waals surface area contributed by atoms with Crippen molar-refractivity contribution in [3.8, 4) is 0 Å². The second kappa shape index (κ2) is 7.74. The molecule has 25 heavy (non-hydrogen) atoms. The third kappa shape index (κ3) is 4.73. The smallest absolute Gasteiger partial charge is 0.223 e. The molecule has 2 aliphatic rings. The minimum absolute atomic E-state index is 0.0652. The highest BCUT2D eigenvalue weighted by molar-refractivity contribution is 7.88. The van der Waals surface area contributed by atoms with Crippen molar-refractivity contribution in [2.45, 2.75) is 19.3 Å². The summed E-state index contributed by atoms with van der Waals surface area (Å²) in [6.45, 7) is 3.59. The summed E-state index contributed by atoms with van der Waals surface area (Å²) in [5, 5.41) is 3.09. The number of anilines is 1. The van der Waals surface area contributed by atoms with Crippen LogP contribution in [0.15, 0.2) is 30.3 Å². The van der Waals surface area contributed by atoms with Crippen molar-refractivity contribution >= 4 is 21.6 Å². The molecule has 1 aromatic carbocycles. The molecule has 2 saturated heterocycles. The number of amides is 1. The molecule has 2 fully saturated rings. The monoisotopic (exact) mass is 365 g/mol. The maximum absolute atomic E-state index is 12.4. The highest BCUT2D eigenvalue weighted by Crippen LogP contribution is 2.23. The van der Waals surface area contributed by atoms with Crippen LogP contribution in [-0.4, -0.2) is 57.6 Å². The molecule has 1 N–H and O–H groups in total. The van der Waals surface area contributed by atoms with Crippen LogP contribution in [0.3, 0.4) is 0 Å². The summed E-state index contributed by atoms with van der Waals surface area (Å²) >= 11 is 0. The summed E-state index contributed by atoms with van der Waals surface area (Å²) < 4.78 is 24.5. The number of hydrogen-bond acceptors (Lipinski definition) is 4. The Morgan fingerprint density at radius 2 is 1.80 bits per heavy atom. The standard InChI is InChI=1S/C18H27N3O3S/c1-25(23,24)21-11-8-16(9-12-21)18(22)19-13-15-7-10-20(14-15)17-5-3-2-4-6-17/h2-6,15-16H,7-14H2,1H3,(H,19,22). The van der Waals surface area contributed by atoms with Crippen LogP contribution in [0, 0.1) is 11.8 Å². The molecule has 2 heterocycles. The molecule has 3 rings (SSSR count). The second-order valence-corrected chi connectivity index (χ2v) is 9.10. The first-order valence-corrected chi connectivity index (χ1v) is 10.8. The van der Waals surface area contributed by atoms with E-state index in [0.717, 1.165) is 19.5 Å². The summed E-state index contributed by atoms with van der Waals surface area (Å²) in [6.07, 6.45) is 3.53. The van der Waals surface area contributed by atoms with Gasteiger partial charge in [-0.25, -0.2) is 12.7 Å². The van der Waals surface area contributed by atoms with Gasteiger partial charge in [0.1, 0.15) is 0 Å². The van der Waals surface area contributed by atoms with E-state index in [1.165, 1.54) is 16.2 Å². The molecule has 0 spiro atoms. The first-order valence-electron chi connectivity index (χ1n) is 8.96. The maximum atomic E-state index is 12.4. The van der Waals surface area contributed by atoms with E-state index < -0.39 is 10.0 Å². The number of nitrogens with zero attached hydrogens (tertiary/aromatic N) is 2. The zero-order chi connectivity index (χ0) is 17.9. The van der Waals surface area contributed by atoms with Gasteiger partial charge in [0.15, 0.2) is 0 Å². The predicted molar refractivity (Wildman–Crippen MR) is 98.9 cm³/mol. The number of rotatable bonds is 5. The van der Waals surface area contributed by atoms with Crippen molar-refractivity contribution in [3.63, 3.8) is 0 Å². The molecule has 0 aliphatic carbocycles. The Hall–Kier alpha value is -1.60. The molecule has 138 valence electrons. The van der Waals surface area contributed by atoms with Crippen molar-refractivity contribution in [2.24, 2.45) is 11.8 Å². The average molecular weight is 365 g/mol. The Bertz CT molecular complexity index is 685. The SMILES string of the molecule is CS(=O)(=O)N1CCC(C(=O)NCC2CCN(c3ccccc3)C2)CC1. The lowest BCUT2D eigenvalue weighted by Crippen LogP contribution is -2.43. The van der Waals surface area contributed by atoms with Crippen molar-refractivity contribution < 1.29 is 13.2 Å². The Balaban J connectivity index is 1.42. The van der Waals surface area contributed by atoms with Gasteiger partial charge in [0.05, 0.1) is 6.26 Å². The van der Waals surface area contributed by atoms with Crippen molar-refractivity contribution in [2.75, 3.05) is 43.9 Å². The number of para-hydroxylation sites is 1. The lowest BCUT2D eigenvalue weighted by atomic mass is 9.97. The van der Waals surface area contributed by atoms with E-state index in [1.54, 1.807) is 0 Å². The van der Waals surface area contributed by atoms with Gasteiger partial charge in [-0.15, -0.1) is 0 Å². The fourth-order valence-electron chi connectivity index (χ4n) is 3.71. The van der Waals surface area contributed by atoms with Gasteiger partial charge in [-0.2, -0.15) is 0 Å². The van der Waals surface area contributed by atoms with Gasteiger partial charge in [-0.05, 0) is 37.3 Å². The Labute approximate surface area is 150 Å². The highest BCUT2D eigenvalue weighted by Gasteiger charge is 2.30. The molecule has 1 unspecified atom stereocenters. The summed E-state index contributed by atoms with van der Waals surface area (Å²) in [4.78, 5) is 14.7. The van der Waals surface area contributed by atoms with E-state index in [0.29, 0.717) is 38.4 Å². The fourth-order valence-corrected chi connectivity index (χ4v) is 4.59. The molecule has 0 saturated carbocycles. The maximum Gasteiger partial charge on any atom is 0.223 e. The predicted octanol–water partition coefficient (Wildman–Crippen LogP) is 1.30.